The third-order valence-corrected chi connectivity index (χ3v) is 5.12. The largest absolute Gasteiger partial charge is 0.336 e. The minimum Gasteiger partial charge on any atom is -0.336 e. The molecule has 1 N–H and O–H groups in total. The van der Waals surface area contributed by atoms with Crippen molar-refractivity contribution in [3.05, 3.63) is 22.0 Å². The maximum atomic E-state index is 12.7. The molecule has 3 aromatic rings. The second kappa shape index (κ2) is 6.03. The molecule has 1 aliphatic rings. The van der Waals surface area contributed by atoms with E-state index in [1.807, 2.05) is 13.8 Å². The number of hydrogen-bond donors (Lipinski definition) is 1. The molecule has 0 radical (unpaired) electrons. The van der Waals surface area contributed by atoms with Gasteiger partial charge in [-0.3, -0.25) is 9.36 Å². The summed E-state index contributed by atoms with van der Waals surface area (Å²) >= 11 is 0. The Morgan fingerprint density at radius 3 is 2.67 bits per heavy atom. The van der Waals surface area contributed by atoms with Crippen LogP contribution in [0.25, 0.3) is 16.9 Å². The predicted octanol–water partition coefficient (Wildman–Crippen LogP) is 2.47. The van der Waals surface area contributed by atoms with Gasteiger partial charge in [0, 0.05) is 19.4 Å². The lowest BCUT2D eigenvalue weighted by molar-refractivity contribution is 0.351. The molecule has 24 heavy (non-hydrogen) atoms. The van der Waals surface area contributed by atoms with Crippen LogP contribution in [-0.4, -0.2) is 29.1 Å². The molecule has 1 fully saturated rings. The number of aromatic nitrogens is 6. The van der Waals surface area contributed by atoms with E-state index in [0.717, 1.165) is 24.5 Å². The van der Waals surface area contributed by atoms with E-state index in [2.05, 4.69) is 15.0 Å². The Morgan fingerprint density at radius 2 is 1.96 bits per heavy atom. The fraction of sp³-hybridized carbons (Fsp3) is 0.647. The number of imidazole rings is 1. The first-order valence-electron chi connectivity index (χ1n) is 9.08. The lowest BCUT2D eigenvalue weighted by Crippen LogP contribution is -2.22. The van der Waals surface area contributed by atoms with E-state index in [4.69, 9.17) is 5.10 Å². The quantitative estimate of drug-likeness (QED) is 0.798. The molecular formula is C17H24N6O. The van der Waals surface area contributed by atoms with Crippen LogP contribution in [-0.2, 0) is 19.4 Å². The summed E-state index contributed by atoms with van der Waals surface area (Å²) in [4.78, 5) is 25.1. The second-order valence-electron chi connectivity index (χ2n) is 6.73. The van der Waals surface area contributed by atoms with Gasteiger partial charge in [0.1, 0.15) is 5.82 Å². The average molecular weight is 328 g/mol. The van der Waals surface area contributed by atoms with Crippen LogP contribution < -0.4 is 5.56 Å². The van der Waals surface area contributed by atoms with Gasteiger partial charge in [-0.2, -0.15) is 9.50 Å². The molecule has 0 saturated heterocycles. The molecule has 0 amide bonds. The number of nitrogens with one attached hydrogen (secondary N) is 1. The number of aromatic amines is 1. The van der Waals surface area contributed by atoms with Crippen LogP contribution in [0, 0.1) is 5.92 Å². The zero-order chi connectivity index (χ0) is 16.7. The zero-order valence-electron chi connectivity index (χ0n) is 14.4. The van der Waals surface area contributed by atoms with Gasteiger partial charge in [-0.25, -0.2) is 4.98 Å². The SMILES string of the molecule is CCc1nc2c([nH]1)c(=O)n(CC)c1nc(CC3CCCCC3)nn21. The van der Waals surface area contributed by atoms with Gasteiger partial charge in [-0.15, -0.1) is 5.10 Å². The van der Waals surface area contributed by atoms with Gasteiger partial charge in [-0.05, 0) is 12.8 Å². The Labute approximate surface area is 140 Å². The molecule has 3 aromatic heterocycles. The van der Waals surface area contributed by atoms with Gasteiger partial charge in [0.15, 0.2) is 17.0 Å². The smallest absolute Gasteiger partial charge is 0.281 e. The molecule has 0 aliphatic heterocycles. The Kier molecular flexibility index (Phi) is 3.86. The van der Waals surface area contributed by atoms with E-state index in [0.29, 0.717) is 29.4 Å². The number of fused-ring (bicyclic) bond motifs is 3. The molecule has 1 aliphatic carbocycles. The molecule has 4 rings (SSSR count). The van der Waals surface area contributed by atoms with Crippen molar-refractivity contribution in [1.82, 2.24) is 29.1 Å². The van der Waals surface area contributed by atoms with Crippen molar-refractivity contribution >= 4 is 16.9 Å². The van der Waals surface area contributed by atoms with E-state index in [1.54, 1.807) is 9.08 Å². The second-order valence-corrected chi connectivity index (χ2v) is 6.73. The summed E-state index contributed by atoms with van der Waals surface area (Å²) < 4.78 is 3.42. The molecule has 7 heteroatoms. The average Bonchev–Trinajstić information content (AvgIpc) is 3.20. The maximum absolute atomic E-state index is 12.7. The van der Waals surface area contributed by atoms with Crippen molar-refractivity contribution < 1.29 is 0 Å². The number of nitrogens with zero attached hydrogens (tertiary/aromatic N) is 5. The Morgan fingerprint density at radius 1 is 1.17 bits per heavy atom. The van der Waals surface area contributed by atoms with Crippen LogP contribution >= 0.6 is 0 Å². The molecule has 0 aromatic carbocycles. The lowest BCUT2D eigenvalue weighted by Gasteiger charge is -2.19. The first kappa shape index (κ1) is 15.4. The summed E-state index contributed by atoms with van der Waals surface area (Å²) in [6, 6.07) is 0. The van der Waals surface area contributed by atoms with Gasteiger partial charge < -0.3 is 4.98 Å². The monoisotopic (exact) mass is 328 g/mol. The highest BCUT2D eigenvalue weighted by molar-refractivity contribution is 5.72. The molecule has 0 atom stereocenters. The summed E-state index contributed by atoms with van der Waals surface area (Å²) in [5.74, 6) is 2.91. The number of rotatable bonds is 4. The van der Waals surface area contributed by atoms with Crippen LogP contribution in [0.1, 0.15) is 57.6 Å². The molecular weight excluding hydrogens is 304 g/mol. The summed E-state index contributed by atoms with van der Waals surface area (Å²) in [5.41, 5.74) is 1.05. The van der Waals surface area contributed by atoms with Crippen molar-refractivity contribution in [2.45, 2.75) is 65.3 Å². The lowest BCUT2D eigenvalue weighted by atomic mass is 9.87. The Balaban J connectivity index is 1.85. The van der Waals surface area contributed by atoms with Crippen LogP contribution in [0.2, 0.25) is 0 Å². The van der Waals surface area contributed by atoms with Gasteiger partial charge in [0.2, 0.25) is 5.78 Å². The first-order chi connectivity index (χ1) is 11.7. The van der Waals surface area contributed by atoms with Gasteiger partial charge in [0.05, 0.1) is 0 Å². The number of H-pyrrole nitrogens is 1. The summed E-state index contributed by atoms with van der Waals surface area (Å²) in [6.45, 7) is 4.54. The van der Waals surface area contributed by atoms with E-state index < -0.39 is 0 Å². The summed E-state index contributed by atoms with van der Waals surface area (Å²) in [6.07, 6.45) is 8.12. The van der Waals surface area contributed by atoms with Crippen molar-refractivity contribution in [1.29, 1.82) is 0 Å². The Bertz CT molecular complexity index is 928. The number of aryl methyl sites for hydroxylation is 2. The highest BCUT2D eigenvalue weighted by Crippen LogP contribution is 2.26. The normalized spacial score (nSPS) is 16.4. The van der Waals surface area contributed by atoms with Crippen LogP contribution in [0.15, 0.2) is 4.79 Å². The molecule has 3 heterocycles. The number of hydrogen-bond acceptors (Lipinski definition) is 4. The molecule has 1 saturated carbocycles. The summed E-state index contributed by atoms with van der Waals surface area (Å²) in [7, 11) is 0. The van der Waals surface area contributed by atoms with Gasteiger partial charge >= 0.3 is 0 Å². The van der Waals surface area contributed by atoms with Crippen molar-refractivity contribution in [3.63, 3.8) is 0 Å². The molecule has 128 valence electrons. The van der Waals surface area contributed by atoms with E-state index in [-0.39, 0.29) is 5.56 Å². The van der Waals surface area contributed by atoms with Crippen LogP contribution in [0.4, 0.5) is 0 Å². The maximum Gasteiger partial charge on any atom is 0.281 e. The third-order valence-electron chi connectivity index (χ3n) is 5.12. The van der Waals surface area contributed by atoms with E-state index in [9.17, 15) is 4.79 Å². The van der Waals surface area contributed by atoms with Gasteiger partial charge in [-0.1, -0.05) is 39.0 Å². The highest BCUT2D eigenvalue weighted by Gasteiger charge is 2.20. The predicted molar refractivity (Wildman–Crippen MR) is 92.2 cm³/mol. The highest BCUT2D eigenvalue weighted by atomic mass is 16.1. The zero-order valence-corrected chi connectivity index (χ0v) is 14.4. The van der Waals surface area contributed by atoms with Crippen LogP contribution in [0.3, 0.4) is 0 Å². The molecule has 0 bridgehead atoms. The minimum absolute atomic E-state index is 0.0659. The first-order valence-corrected chi connectivity index (χ1v) is 9.08. The van der Waals surface area contributed by atoms with Crippen LogP contribution in [0.5, 0.6) is 0 Å². The molecule has 0 spiro atoms. The van der Waals surface area contributed by atoms with Crippen molar-refractivity contribution in [3.8, 4) is 0 Å². The minimum atomic E-state index is -0.0659. The third kappa shape index (κ3) is 2.42. The Hall–Kier alpha value is -2.18. The van der Waals surface area contributed by atoms with Crippen molar-refractivity contribution in [2.24, 2.45) is 5.92 Å². The fourth-order valence-electron chi connectivity index (χ4n) is 3.79. The fourth-order valence-corrected chi connectivity index (χ4v) is 3.79. The summed E-state index contributed by atoms with van der Waals surface area (Å²) in [5, 5.41) is 4.70. The van der Waals surface area contributed by atoms with Crippen molar-refractivity contribution in [2.75, 3.05) is 0 Å². The van der Waals surface area contributed by atoms with E-state index in [1.165, 1.54) is 32.1 Å². The topological polar surface area (TPSA) is 80.9 Å². The standard InChI is InChI=1S/C17H24N6O/c1-3-12-18-14-15(19-12)23-17(22(4-2)16(14)24)20-13(21-23)10-11-8-6-5-7-9-11/h11H,3-10H2,1-2H3,(H,18,19). The van der Waals surface area contributed by atoms with Gasteiger partial charge in [0.25, 0.3) is 5.56 Å². The molecule has 7 nitrogen and oxygen atoms in total. The van der Waals surface area contributed by atoms with E-state index >= 15 is 0 Å². The molecule has 0 unspecified atom stereocenters.